The standard InChI is InChI=1S/C7H15N/c1-5-8-6-7(2,3)4/h1,8H,5-6H2,2-4H3. The molecule has 0 aliphatic rings. The lowest BCUT2D eigenvalue weighted by molar-refractivity contribution is 0.388. The fraction of sp³-hybridized carbons (Fsp3) is 0.857. The van der Waals surface area contributed by atoms with Crippen LogP contribution in [0, 0.1) is 12.3 Å². The van der Waals surface area contributed by atoms with Gasteiger partial charge in [-0.05, 0) is 25.4 Å². The summed E-state index contributed by atoms with van der Waals surface area (Å²) in [5.74, 6) is 0. The Morgan fingerprint density at radius 1 is 1.38 bits per heavy atom. The van der Waals surface area contributed by atoms with Crippen LogP contribution in [-0.2, 0) is 0 Å². The molecule has 0 atom stereocenters. The summed E-state index contributed by atoms with van der Waals surface area (Å²) in [6.07, 6.45) is 0. The van der Waals surface area contributed by atoms with Gasteiger partial charge < -0.3 is 5.32 Å². The smallest absolute Gasteiger partial charge is 0.000000527 e. The molecule has 48 valence electrons. The van der Waals surface area contributed by atoms with Crippen LogP contribution in [0.15, 0.2) is 0 Å². The predicted molar refractivity (Wildman–Crippen MR) is 36.6 cm³/mol. The molecule has 0 bridgehead atoms. The van der Waals surface area contributed by atoms with E-state index < -0.39 is 0 Å². The Bertz CT molecular complexity index is 51.9. The van der Waals surface area contributed by atoms with Crippen LogP contribution in [0.5, 0.6) is 0 Å². The minimum atomic E-state index is 0.360. The first-order valence-corrected chi connectivity index (χ1v) is 2.97. The van der Waals surface area contributed by atoms with E-state index in [-0.39, 0.29) is 0 Å². The third-order valence-electron chi connectivity index (χ3n) is 0.800. The molecule has 0 saturated heterocycles. The highest BCUT2D eigenvalue weighted by Crippen LogP contribution is 2.09. The third-order valence-corrected chi connectivity index (χ3v) is 0.800. The summed E-state index contributed by atoms with van der Waals surface area (Å²) >= 11 is 0. The summed E-state index contributed by atoms with van der Waals surface area (Å²) in [6.45, 7) is 13.3. The van der Waals surface area contributed by atoms with Gasteiger partial charge in [0.05, 0.1) is 0 Å². The molecule has 0 heterocycles. The van der Waals surface area contributed by atoms with Gasteiger partial charge in [-0.2, -0.15) is 0 Å². The topological polar surface area (TPSA) is 12.0 Å². The van der Waals surface area contributed by atoms with Crippen molar-refractivity contribution >= 4 is 0 Å². The Balaban J connectivity index is 3.11. The van der Waals surface area contributed by atoms with Gasteiger partial charge in [0.2, 0.25) is 0 Å². The number of rotatable bonds is 2. The van der Waals surface area contributed by atoms with Gasteiger partial charge in [0.25, 0.3) is 0 Å². The summed E-state index contributed by atoms with van der Waals surface area (Å²) < 4.78 is 0. The molecular formula is C7H15N. The lowest BCUT2D eigenvalue weighted by Gasteiger charge is -2.17. The first-order chi connectivity index (χ1) is 3.56. The zero-order chi connectivity index (χ0) is 6.62. The van der Waals surface area contributed by atoms with Crippen LogP contribution in [0.1, 0.15) is 20.8 Å². The molecule has 0 fully saturated rings. The van der Waals surface area contributed by atoms with E-state index >= 15 is 0 Å². The van der Waals surface area contributed by atoms with E-state index in [9.17, 15) is 0 Å². The summed E-state index contributed by atoms with van der Waals surface area (Å²) in [5.41, 5.74) is 0.360. The molecule has 1 N–H and O–H groups in total. The molecule has 0 aromatic carbocycles. The average molecular weight is 113 g/mol. The molecule has 0 spiro atoms. The van der Waals surface area contributed by atoms with Gasteiger partial charge in [-0.1, -0.05) is 20.8 Å². The monoisotopic (exact) mass is 113 g/mol. The Hall–Kier alpha value is -0.0400. The van der Waals surface area contributed by atoms with Gasteiger partial charge in [-0.15, -0.1) is 0 Å². The van der Waals surface area contributed by atoms with Crippen LogP contribution < -0.4 is 5.32 Å². The van der Waals surface area contributed by atoms with Gasteiger partial charge in [0.1, 0.15) is 0 Å². The lowest BCUT2D eigenvalue weighted by atomic mass is 9.97. The molecule has 1 heteroatoms. The van der Waals surface area contributed by atoms with E-state index in [1.165, 1.54) is 0 Å². The van der Waals surface area contributed by atoms with Crippen molar-refractivity contribution in [2.24, 2.45) is 5.41 Å². The molecule has 8 heavy (non-hydrogen) atoms. The maximum Gasteiger partial charge on any atom is -0.000000527 e. The van der Waals surface area contributed by atoms with Gasteiger partial charge >= 0.3 is 0 Å². The second-order valence-electron chi connectivity index (χ2n) is 3.19. The highest BCUT2D eigenvalue weighted by Gasteiger charge is 2.06. The number of hydrogen-bond acceptors (Lipinski definition) is 1. The largest absolute Gasteiger partial charge is 0.316 e. The lowest BCUT2D eigenvalue weighted by Crippen LogP contribution is -2.26. The molecule has 2 radical (unpaired) electrons. The van der Waals surface area contributed by atoms with Crippen molar-refractivity contribution in [2.75, 3.05) is 13.1 Å². The molecule has 0 aromatic heterocycles. The number of nitrogens with one attached hydrogen (secondary N) is 1. The zero-order valence-corrected chi connectivity index (χ0v) is 5.99. The first kappa shape index (κ1) is 7.96. The summed E-state index contributed by atoms with van der Waals surface area (Å²) in [4.78, 5) is 0. The van der Waals surface area contributed by atoms with Crippen LogP contribution in [0.3, 0.4) is 0 Å². The van der Waals surface area contributed by atoms with Crippen LogP contribution in [-0.4, -0.2) is 13.1 Å². The van der Waals surface area contributed by atoms with E-state index in [4.69, 9.17) is 6.92 Å². The molecule has 0 aliphatic heterocycles. The highest BCUT2D eigenvalue weighted by molar-refractivity contribution is 4.64. The molecule has 0 amide bonds. The van der Waals surface area contributed by atoms with E-state index in [1.54, 1.807) is 0 Å². The second kappa shape index (κ2) is 3.08. The van der Waals surface area contributed by atoms with Crippen molar-refractivity contribution in [3.05, 3.63) is 6.92 Å². The van der Waals surface area contributed by atoms with Crippen molar-refractivity contribution in [1.82, 2.24) is 5.32 Å². The van der Waals surface area contributed by atoms with Gasteiger partial charge in [0, 0.05) is 0 Å². The number of hydrogen-bond donors (Lipinski definition) is 1. The first-order valence-electron chi connectivity index (χ1n) is 2.97. The van der Waals surface area contributed by atoms with Crippen LogP contribution in [0.25, 0.3) is 0 Å². The maximum atomic E-state index is 5.22. The SMILES string of the molecule is [CH]CNCC(C)(C)C. The van der Waals surface area contributed by atoms with Crippen molar-refractivity contribution in [2.45, 2.75) is 20.8 Å². The molecule has 0 rings (SSSR count). The molecule has 0 aliphatic carbocycles. The van der Waals surface area contributed by atoms with E-state index in [0.717, 1.165) is 6.54 Å². The Morgan fingerprint density at radius 2 is 1.88 bits per heavy atom. The molecule has 0 saturated carbocycles. The van der Waals surface area contributed by atoms with Crippen LogP contribution in [0.4, 0.5) is 0 Å². The average Bonchev–Trinajstić information content (AvgIpc) is 1.59. The quantitative estimate of drug-likeness (QED) is 0.569. The third kappa shape index (κ3) is 5.96. The maximum absolute atomic E-state index is 5.22. The van der Waals surface area contributed by atoms with Crippen LogP contribution in [0.2, 0.25) is 0 Å². The Kier molecular flexibility index (Phi) is 3.06. The zero-order valence-electron chi connectivity index (χ0n) is 5.99. The summed E-state index contributed by atoms with van der Waals surface area (Å²) in [5, 5.41) is 3.07. The summed E-state index contributed by atoms with van der Waals surface area (Å²) in [7, 11) is 0. The minimum absolute atomic E-state index is 0.360. The molecule has 0 aromatic rings. The van der Waals surface area contributed by atoms with Crippen molar-refractivity contribution in [3.8, 4) is 0 Å². The van der Waals surface area contributed by atoms with Gasteiger partial charge in [0.15, 0.2) is 0 Å². The molecular weight excluding hydrogens is 98.1 g/mol. The van der Waals surface area contributed by atoms with E-state index in [0.29, 0.717) is 12.0 Å². The normalized spacial score (nSPS) is 12.0. The van der Waals surface area contributed by atoms with Crippen molar-refractivity contribution < 1.29 is 0 Å². The van der Waals surface area contributed by atoms with Gasteiger partial charge in [-0.25, -0.2) is 0 Å². The van der Waals surface area contributed by atoms with Crippen LogP contribution >= 0.6 is 0 Å². The fourth-order valence-electron chi connectivity index (χ4n) is 0.447. The van der Waals surface area contributed by atoms with E-state index in [2.05, 4.69) is 26.1 Å². The second-order valence-corrected chi connectivity index (χ2v) is 3.19. The Labute approximate surface area is 52.5 Å². The Morgan fingerprint density at radius 3 is 2.00 bits per heavy atom. The summed E-state index contributed by atoms with van der Waals surface area (Å²) in [6, 6.07) is 0. The van der Waals surface area contributed by atoms with Crippen molar-refractivity contribution in [3.63, 3.8) is 0 Å². The van der Waals surface area contributed by atoms with Crippen molar-refractivity contribution in [1.29, 1.82) is 0 Å². The van der Waals surface area contributed by atoms with Gasteiger partial charge in [-0.3, -0.25) is 0 Å². The fourth-order valence-corrected chi connectivity index (χ4v) is 0.447. The highest BCUT2D eigenvalue weighted by atomic mass is 14.9. The van der Waals surface area contributed by atoms with E-state index in [1.807, 2.05) is 0 Å². The molecule has 1 nitrogen and oxygen atoms in total. The predicted octanol–water partition coefficient (Wildman–Crippen LogP) is 1.33. The minimum Gasteiger partial charge on any atom is -0.316 e. The molecule has 0 unspecified atom stereocenters.